The number of phenolic OH excluding ortho intramolecular Hbond substituents is 1. The fourth-order valence-corrected chi connectivity index (χ4v) is 6.90. The molecule has 1 fully saturated rings. The van der Waals surface area contributed by atoms with Crippen molar-refractivity contribution in [3.8, 4) is 5.75 Å². The first-order valence-corrected chi connectivity index (χ1v) is 14.7. The van der Waals surface area contributed by atoms with Crippen molar-refractivity contribution in [1.82, 2.24) is 16.0 Å². The Balaban J connectivity index is 1.19. The molecule has 2 heterocycles. The van der Waals surface area contributed by atoms with Crippen LogP contribution in [-0.4, -0.2) is 58.6 Å². The molecule has 0 radical (unpaired) electrons. The van der Waals surface area contributed by atoms with Crippen molar-refractivity contribution in [1.29, 1.82) is 0 Å². The number of nitrogens with one attached hydrogen (secondary N) is 4. The molecule has 5 N–H and O–H groups in total. The minimum absolute atomic E-state index is 0.115. The zero-order valence-electron chi connectivity index (χ0n) is 23.4. The third-order valence-corrected chi connectivity index (χ3v) is 9.13. The number of fused-ring (bicyclic) bond motifs is 2. The number of thioether (sulfide) groups is 1. The van der Waals surface area contributed by atoms with Gasteiger partial charge in [-0.25, -0.2) is 4.79 Å². The lowest BCUT2D eigenvalue weighted by molar-refractivity contribution is -0.123. The molecule has 0 bridgehead atoms. The van der Waals surface area contributed by atoms with Crippen LogP contribution in [-0.2, 0) is 27.2 Å². The molecule has 0 aromatic heterocycles. The molecule has 2 aliphatic heterocycles. The molecule has 3 aromatic rings. The first kappa shape index (κ1) is 28.3. The molecule has 12 heteroatoms. The van der Waals surface area contributed by atoms with Crippen LogP contribution in [0.2, 0.25) is 0 Å². The molecule has 3 aromatic carbocycles. The van der Waals surface area contributed by atoms with Gasteiger partial charge >= 0.3 is 6.03 Å². The van der Waals surface area contributed by atoms with Crippen molar-refractivity contribution < 1.29 is 29.1 Å². The van der Waals surface area contributed by atoms with Crippen LogP contribution in [0, 0.1) is 13.8 Å². The Bertz CT molecular complexity index is 1700. The summed E-state index contributed by atoms with van der Waals surface area (Å²) in [6, 6.07) is 14.3. The van der Waals surface area contributed by atoms with Crippen molar-refractivity contribution in [2.24, 2.45) is 0 Å². The van der Waals surface area contributed by atoms with E-state index in [1.54, 1.807) is 50.2 Å². The molecule has 1 aliphatic carbocycles. The number of amides is 6. The molecule has 6 amide bonds. The van der Waals surface area contributed by atoms with Crippen LogP contribution in [0.1, 0.15) is 32.6 Å². The zero-order chi connectivity index (χ0) is 30.5. The number of carbonyl (C=O) groups is 5. The fraction of sp³-hybridized carbons (Fsp3) is 0.258. The Morgan fingerprint density at radius 3 is 2.47 bits per heavy atom. The van der Waals surface area contributed by atoms with E-state index in [4.69, 9.17) is 0 Å². The number of aryl methyl sites for hydroxylation is 2. The summed E-state index contributed by atoms with van der Waals surface area (Å²) in [6.45, 7) is 3.11. The quantitative estimate of drug-likeness (QED) is 0.282. The number of benzene rings is 3. The molecule has 1 saturated heterocycles. The van der Waals surface area contributed by atoms with E-state index in [2.05, 4.69) is 21.3 Å². The van der Waals surface area contributed by atoms with Gasteiger partial charge in [0.25, 0.3) is 17.7 Å². The van der Waals surface area contributed by atoms with Crippen molar-refractivity contribution >= 4 is 52.8 Å². The van der Waals surface area contributed by atoms with E-state index < -0.39 is 35.3 Å². The average Bonchev–Trinajstić information content (AvgIpc) is 3.43. The highest BCUT2D eigenvalue weighted by Gasteiger charge is 2.50. The number of aromatic hydroxyl groups is 1. The van der Waals surface area contributed by atoms with Crippen LogP contribution in [0.25, 0.3) is 0 Å². The summed E-state index contributed by atoms with van der Waals surface area (Å²) in [6.07, 6.45) is 0.668. The minimum Gasteiger partial charge on any atom is -0.507 e. The molecule has 43 heavy (non-hydrogen) atoms. The van der Waals surface area contributed by atoms with E-state index in [1.807, 2.05) is 18.2 Å². The minimum atomic E-state index is -1.02. The second-order valence-corrected chi connectivity index (χ2v) is 12.1. The molecule has 11 nitrogen and oxygen atoms in total. The number of hydrogen-bond donors (Lipinski definition) is 5. The summed E-state index contributed by atoms with van der Waals surface area (Å²) in [5.41, 5.74) is 3.22. The predicted molar refractivity (Wildman–Crippen MR) is 160 cm³/mol. The topological polar surface area (TPSA) is 157 Å². The molecular weight excluding hydrogens is 570 g/mol. The normalized spacial score (nSPS) is 20.7. The lowest BCUT2D eigenvalue weighted by Gasteiger charge is -2.25. The number of carbonyl (C=O) groups excluding carboxylic acids is 5. The van der Waals surface area contributed by atoms with Gasteiger partial charge in [0.05, 0.1) is 5.69 Å². The zero-order valence-corrected chi connectivity index (χ0v) is 24.3. The molecule has 2 atom stereocenters. The Kier molecular flexibility index (Phi) is 7.09. The molecule has 3 aliphatic rings. The number of urea groups is 1. The number of rotatable bonds is 5. The molecule has 6 rings (SSSR count). The van der Waals surface area contributed by atoms with Crippen molar-refractivity contribution in [3.05, 3.63) is 82.4 Å². The average molecular weight is 600 g/mol. The molecule has 0 saturated carbocycles. The van der Waals surface area contributed by atoms with Crippen LogP contribution < -0.4 is 26.2 Å². The Hall–Kier alpha value is -4.84. The Morgan fingerprint density at radius 2 is 1.74 bits per heavy atom. The number of phenols is 1. The van der Waals surface area contributed by atoms with Gasteiger partial charge in [-0.05, 0) is 72.5 Å². The van der Waals surface area contributed by atoms with E-state index in [1.165, 1.54) is 16.7 Å². The molecule has 1 unspecified atom stereocenters. The highest BCUT2D eigenvalue weighted by molar-refractivity contribution is 7.99. The largest absolute Gasteiger partial charge is 0.507 e. The van der Waals surface area contributed by atoms with Crippen LogP contribution in [0.15, 0.2) is 59.5 Å². The highest BCUT2D eigenvalue weighted by atomic mass is 32.2. The lowest BCUT2D eigenvalue weighted by atomic mass is 9.96. The van der Waals surface area contributed by atoms with Gasteiger partial charge in [-0.2, -0.15) is 0 Å². The maximum absolute atomic E-state index is 13.8. The second-order valence-electron chi connectivity index (χ2n) is 11.1. The van der Waals surface area contributed by atoms with Gasteiger partial charge in [-0.15, -0.1) is 11.8 Å². The SMILES string of the molecule is Cc1cc(C(=O)N[C@H]2CSc3ccccc3N(CC(=O)Nc3ccc4c(c3)CC3(C4)NC(=O)NC3=O)C2=O)cc(C)c1O. The van der Waals surface area contributed by atoms with E-state index in [9.17, 15) is 29.1 Å². The van der Waals surface area contributed by atoms with E-state index >= 15 is 0 Å². The number of imide groups is 1. The van der Waals surface area contributed by atoms with Crippen molar-refractivity contribution in [2.75, 3.05) is 22.5 Å². The van der Waals surface area contributed by atoms with Gasteiger partial charge in [-0.1, -0.05) is 18.2 Å². The highest BCUT2D eigenvalue weighted by Crippen LogP contribution is 2.36. The van der Waals surface area contributed by atoms with Crippen LogP contribution >= 0.6 is 11.8 Å². The number of anilines is 2. The molecule has 1 spiro atoms. The van der Waals surface area contributed by atoms with E-state index in [0.717, 1.165) is 16.0 Å². The van der Waals surface area contributed by atoms with Crippen LogP contribution in [0.3, 0.4) is 0 Å². The van der Waals surface area contributed by atoms with Gasteiger partial charge in [0.2, 0.25) is 5.91 Å². The van der Waals surface area contributed by atoms with Gasteiger partial charge in [0.1, 0.15) is 23.9 Å². The third kappa shape index (κ3) is 5.29. The summed E-state index contributed by atoms with van der Waals surface area (Å²) >= 11 is 1.41. The van der Waals surface area contributed by atoms with Crippen molar-refractivity contribution in [3.63, 3.8) is 0 Å². The first-order valence-electron chi connectivity index (χ1n) is 13.7. The standard InChI is InChI=1S/C31H29N5O6S/c1-16-9-19(10-17(2)26(16)38)27(39)33-22-15-43-24-6-4-3-5-23(24)36(28(22)40)14-25(37)32-21-8-7-18-12-31(13-20(18)11-21)29(41)34-30(42)35-31/h3-11,22,38H,12-15H2,1-2H3,(H,32,37)(H,33,39)(H2,34,35,41,42)/t22-,31?/m0/s1. The first-order chi connectivity index (χ1) is 20.5. The monoisotopic (exact) mass is 599 g/mol. The van der Waals surface area contributed by atoms with E-state index in [0.29, 0.717) is 40.9 Å². The summed E-state index contributed by atoms with van der Waals surface area (Å²) in [4.78, 5) is 66.6. The molecule has 220 valence electrons. The number of hydrogen-bond acceptors (Lipinski definition) is 7. The summed E-state index contributed by atoms with van der Waals surface area (Å²) in [7, 11) is 0. The number of para-hydroxylation sites is 1. The summed E-state index contributed by atoms with van der Waals surface area (Å²) in [5, 5.41) is 20.8. The van der Waals surface area contributed by atoms with E-state index in [-0.39, 0.29) is 24.0 Å². The Morgan fingerprint density at radius 1 is 1.02 bits per heavy atom. The lowest BCUT2D eigenvalue weighted by Crippen LogP contribution is -2.51. The number of nitrogens with zero attached hydrogens (tertiary/aromatic N) is 1. The molecular formula is C31H29N5O6S. The predicted octanol–water partition coefficient (Wildman–Crippen LogP) is 2.56. The van der Waals surface area contributed by atoms with Gasteiger partial charge in [0, 0.05) is 34.7 Å². The van der Waals surface area contributed by atoms with Gasteiger partial charge < -0.3 is 26.0 Å². The second kappa shape index (κ2) is 10.8. The van der Waals surface area contributed by atoms with Gasteiger partial charge in [-0.3, -0.25) is 24.5 Å². The van der Waals surface area contributed by atoms with Crippen LogP contribution in [0.5, 0.6) is 5.75 Å². The summed E-state index contributed by atoms with van der Waals surface area (Å²) < 4.78 is 0. The third-order valence-electron chi connectivity index (χ3n) is 7.97. The smallest absolute Gasteiger partial charge is 0.322 e. The maximum atomic E-state index is 13.8. The van der Waals surface area contributed by atoms with Crippen molar-refractivity contribution in [2.45, 2.75) is 43.2 Å². The summed E-state index contributed by atoms with van der Waals surface area (Å²) in [5.74, 6) is -1.30. The Labute approximate surface area is 251 Å². The maximum Gasteiger partial charge on any atom is 0.322 e. The van der Waals surface area contributed by atoms with Crippen LogP contribution in [0.4, 0.5) is 16.2 Å². The fourth-order valence-electron chi connectivity index (χ4n) is 5.82. The van der Waals surface area contributed by atoms with Gasteiger partial charge in [0.15, 0.2) is 0 Å².